The summed E-state index contributed by atoms with van der Waals surface area (Å²) in [6, 6.07) is 18.8. The highest BCUT2D eigenvalue weighted by Crippen LogP contribution is 2.33. The average Bonchev–Trinajstić information content (AvgIpc) is 3.18. The standard InChI is InChI=1S/C22H23NO.C2H6.H2/c24-22(20-10-11-21-19(15-20)12-13-23-21)18-8-6-17(7-9-18)14-16-4-2-1-3-5-16;1-2;/h1-5,10-13,15,17-18,23H,6-9,14H2;1-2H3;1H. The molecule has 1 heterocycles. The first-order valence-electron chi connectivity index (χ1n) is 9.95. The predicted octanol–water partition coefficient (Wildman–Crippen LogP) is 6.67. The van der Waals surface area contributed by atoms with Crippen LogP contribution in [0.25, 0.3) is 10.9 Å². The lowest BCUT2D eigenvalue weighted by molar-refractivity contribution is 0.0872. The summed E-state index contributed by atoms with van der Waals surface area (Å²) in [5.74, 6) is 1.26. The summed E-state index contributed by atoms with van der Waals surface area (Å²) in [6.07, 6.45) is 7.46. The zero-order valence-electron chi connectivity index (χ0n) is 15.9. The van der Waals surface area contributed by atoms with Crippen LogP contribution in [0, 0.1) is 11.8 Å². The van der Waals surface area contributed by atoms with Gasteiger partial charge in [0.2, 0.25) is 0 Å². The van der Waals surface area contributed by atoms with Gasteiger partial charge in [-0.15, -0.1) is 0 Å². The first kappa shape index (κ1) is 18.4. The Balaban J connectivity index is 0.000000844. The van der Waals surface area contributed by atoms with Crippen LogP contribution in [-0.2, 0) is 6.42 Å². The van der Waals surface area contributed by atoms with Crippen LogP contribution in [0.3, 0.4) is 0 Å². The molecule has 1 aromatic heterocycles. The van der Waals surface area contributed by atoms with Crippen LogP contribution >= 0.6 is 0 Å². The van der Waals surface area contributed by atoms with Crippen molar-refractivity contribution in [2.45, 2.75) is 46.0 Å². The number of aromatic amines is 1. The lowest BCUT2D eigenvalue weighted by Gasteiger charge is -2.27. The fourth-order valence-electron chi connectivity index (χ4n) is 4.02. The third-order valence-electron chi connectivity index (χ3n) is 5.42. The quantitative estimate of drug-likeness (QED) is 0.524. The highest BCUT2D eigenvalue weighted by molar-refractivity contribution is 6.00. The maximum atomic E-state index is 12.8. The normalized spacial score (nSPS) is 19.6. The van der Waals surface area contributed by atoms with E-state index in [2.05, 4.69) is 35.3 Å². The van der Waals surface area contributed by atoms with Gasteiger partial charge in [-0.2, -0.15) is 0 Å². The average molecular weight is 350 g/mol. The van der Waals surface area contributed by atoms with Crippen LogP contribution in [0.2, 0.25) is 0 Å². The smallest absolute Gasteiger partial charge is 0.165 e. The van der Waals surface area contributed by atoms with Gasteiger partial charge < -0.3 is 4.98 Å². The Kier molecular flexibility index (Phi) is 6.27. The SMILES string of the molecule is CC.O=C(c1ccc2[nH]ccc2c1)C1CCC(Cc2ccccc2)CC1.[HH]. The minimum Gasteiger partial charge on any atom is -0.361 e. The fourth-order valence-corrected chi connectivity index (χ4v) is 4.02. The van der Waals surface area contributed by atoms with Crippen molar-refractivity contribution in [3.63, 3.8) is 0 Å². The van der Waals surface area contributed by atoms with Gasteiger partial charge in [-0.1, -0.05) is 44.2 Å². The molecule has 0 bridgehead atoms. The van der Waals surface area contributed by atoms with Crippen molar-refractivity contribution in [1.29, 1.82) is 0 Å². The van der Waals surface area contributed by atoms with Crippen molar-refractivity contribution in [1.82, 2.24) is 4.98 Å². The highest BCUT2D eigenvalue weighted by Gasteiger charge is 2.27. The number of carbonyl (C=O) groups is 1. The zero-order chi connectivity index (χ0) is 18.4. The third-order valence-corrected chi connectivity index (χ3v) is 5.42. The molecule has 1 fully saturated rings. The van der Waals surface area contributed by atoms with Gasteiger partial charge in [0.15, 0.2) is 5.78 Å². The number of H-pyrrole nitrogens is 1. The van der Waals surface area contributed by atoms with E-state index in [0.29, 0.717) is 5.78 Å². The number of carbonyl (C=O) groups excluding carboxylic acids is 1. The maximum absolute atomic E-state index is 12.8. The molecule has 1 saturated carbocycles. The molecule has 1 aliphatic carbocycles. The molecule has 2 heteroatoms. The van der Waals surface area contributed by atoms with E-state index in [9.17, 15) is 4.79 Å². The van der Waals surface area contributed by atoms with Crippen LogP contribution in [-0.4, -0.2) is 10.8 Å². The topological polar surface area (TPSA) is 32.9 Å². The van der Waals surface area contributed by atoms with Crippen LogP contribution < -0.4 is 0 Å². The largest absolute Gasteiger partial charge is 0.361 e. The van der Waals surface area contributed by atoms with Crippen LogP contribution in [0.5, 0.6) is 0 Å². The van der Waals surface area contributed by atoms with Crippen LogP contribution in [0.15, 0.2) is 60.8 Å². The van der Waals surface area contributed by atoms with Crippen molar-refractivity contribution < 1.29 is 6.22 Å². The molecule has 3 aromatic rings. The Morgan fingerprint density at radius 3 is 2.46 bits per heavy atom. The van der Waals surface area contributed by atoms with Gasteiger partial charge in [-0.3, -0.25) is 4.79 Å². The first-order chi connectivity index (χ1) is 12.8. The molecule has 0 saturated heterocycles. The molecule has 0 spiro atoms. The maximum Gasteiger partial charge on any atom is 0.165 e. The van der Waals surface area contributed by atoms with E-state index < -0.39 is 0 Å². The Labute approximate surface area is 158 Å². The molecule has 0 unspecified atom stereocenters. The van der Waals surface area contributed by atoms with Crippen molar-refractivity contribution in [2.24, 2.45) is 11.8 Å². The Hall–Kier alpha value is -2.35. The number of ketones is 1. The minimum absolute atomic E-state index is 0. The van der Waals surface area contributed by atoms with Gasteiger partial charge in [0.25, 0.3) is 0 Å². The summed E-state index contributed by atoms with van der Waals surface area (Å²) in [5.41, 5.74) is 3.39. The summed E-state index contributed by atoms with van der Waals surface area (Å²) in [4.78, 5) is 16.0. The van der Waals surface area contributed by atoms with Gasteiger partial charge in [-0.05, 0) is 67.9 Å². The lowest BCUT2D eigenvalue weighted by atomic mass is 9.76. The van der Waals surface area contributed by atoms with Crippen molar-refractivity contribution in [3.8, 4) is 0 Å². The molecule has 1 N–H and O–H groups in total. The number of hydrogen-bond donors (Lipinski definition) is 1. The number of Topliss-reactive ketones (excluding diaryl/α,β-unsaturated/α-hetero) is 1. The van der Waals surface area contributed by atoms with Gasteiger partial charge in [-0.25, -0.2) is 0 Å². The lowest BCUT2D eigenvalue weighted by Crippen LogP contribution is -2.23. The molecule has 0 aliphatic heterocycles. The van der Waals surface area contributed by atoms with Crippen LogP contribution in [0.4, 0.5) is 0 Å². The van der Waals surface area contributed by atoms with E-state index in [4.69, 9.17) is 0 Å². The molecular weight excluding hydrogens is 318 g/mol. The van der Waals surface area contributed by atoms with Crippen molar-refractivity contribution >= 4 is 16.7 Å². The highest BCUT2D eigenvalue weighted by atomic mass is 16.1. The van der Waals surface area contributed by atoms with Crippen LogP contribution in [0.1, 0.15) is 56.9 Å². The molecule has 138 valence electrons. The van der Waals surface area contributed by atoms with Crippen molar-refractivity contribution in [3.05, 3.63) is 71.9 Å². The van der Waals surface area contributed by atoms with E-state index in [-0.39, 0.29) is 7.34 Å². The molecule has 1 aliphatic rings. The second kappa shape index (κ2) is 8.84. The Morgan fingerprint density at radius 1 is 1.00 bits per heavy atom. The van der Waals surface area contributed by atoms with Gasteiger partial charge >= 0.3 is 0 Å². The zero-order valence-corrected chi connectivity index (χ0v) is 15.9. The summed E-state index contributed by atoms with van der Waals surface area (Å²) < 4.78 is 0. The number of rotatable bonds is 4. The number of aromatic nitrogens is 1. The molecule has 0 radical (unpaired) electrons. The molecule has 26 heavy (non-hydrogen) atoms. The molecule has 2 nitrogen and oxygen atoms in total. The predicted molar refractivity (Wildman–Crippen MR) is 112 cm³/mol. The first-order valence-corrected chi connectivity index (χ1v) is 9.95. The van der Waals surface area contributed by atoms with E-state index in [1.807, 2.05) is 44.3 Å². The second-order valence-electron chi connectivity index (χ2n) is 7.05. The van der Waals surface area contributed by atoms with E-state index >= 15 is 0 Å². The molecule has 0 atom stereocenters. The molecule has 2 aromatic carbocycles. The number of nitrogens with one attached hydrogen (secondary N) is 1. The summed E-state index contributed by atoms with van der Waals surface area (Å²) >= 11 is 0. The summed E-state index contributed by atoms with van der Waals surface area (Å²) in [6.45, 7) is 4.00. The second-order valence-corrected chi connectivity index (χ2v) is 7.05. The van der Waals surface area contributed by atoms with E-state index in [1.54, 1.807) is 0 Å². The molecule has 4 rings (SSSR count). The van der Waals surface area contributed by atoms with Gasteiger partial charge in [0.1, 0.15) is 0 Å². The monoisotopic (exact) mass is 349 g/mol. The minimum atomic E-state index is 0. The molecule has 0 amide bonds. The van der Waals surface area contributed by atoms with Gasteiger partial charge in [0.05, 0.1) is 0 Å². The van der Waals surface area contributed by atoms with Crippen molar-refractivity contribution in [2.75, 3.05) is 0 Å². The summed E-state index contributed by atoms with van der Waals surface area (Å²) in [7, 11) is 0. The third kappa shape index (κ3) is 4.24. The van der Waals surface area contributed by atoms with E-state index in [0.717, 1.165) is 54.5 Å². The summed E-state index contributed by atoms with van der Waals surface area (Å²) in [5, 5.41) is 1.12. The fraction of sp³-hybridized carbons (Fsp3) is 0.375. The number of fused-ring (bicyclic) bond motifs is 1. The number of hydrogen-bond acceptors (Lipinski definition) is 1. The number of benzene rings is 2. The Bertz CT molecular complexity index is 832. The van der Waals surface area contributed by atoms with Gasteiger partial charge in [0, 0.05) is 30.0 Å². The Morgan fingerprint density at radius 2 is 1.73 bits per heavy atom. The molecular formula is C24H31NO. The van der Waals surface area contributed by atoms with E-state index in [1.165, 1.54) is 5.56 Å².